The zero-order chi connectivity index (χ0) is 25.7. The monoisotopic (exact) mass is 499 g/mol. The standard InChI is InChI=1S/C29H29N3O5/c1-36-26(34)23-24(27(35)37-2)30-28-29(15-14-22(33)32(28)17-19-12-13-19)20-10-6-7-11-21(20)31(25(23)29)16-18-8-4-3-5-9-18/h3-11,19,25H,12-17H2,1-2H3. The van der Waals surface area contributed by atoms with Gasteiger partial charge in [-0.3, -0.25) is 9.69 Å². The zero-order valence-corrected chi connectivity index (χ0v) is 21.0. The third-order valence-electron chi connectivity index (χ3n) is 8.03. The number of piperidine rings is 1. The van der Waals surface area contributed by atoms with Crippen LogP contribution in [0, 0.1) is 5.92 Å². The van der Waals surface area contributed by atoms with Crippen LogP contribution < -0.4 is 4.90 Å². The minimum Gasteiger partial charge on any atom is -0.466 e. The quantitative estimate of drug-likeness (QED) is 0.567. The van der Waals surface area contributed by atoms with E-state index in [1.807, 2.05) is 48.5 Å². The van der Waals surface area contributed by atoms with Crippen molar-refractivity contribution in [2.75, 3.05) is 25.7 Å². The fourth-order valence-electron chi connectivity index (χ4n) is 6.21. The number of hydrogen-bond acceptors (Lipinski definition) is 7. The molecule has 2 fully saturated rings. The largest absolute Gasteiger partial charge is 0.466 e. The Balaban J connectivity index is 1.63. The molecule has 0 radical (unpaired) electrons. The second kappa shape index (κ2) is 8.87. The lowest BCUT2D eigenvalue weighted by molar-refractivity contribution is -0.140. The number of carbonyl (C=O) groups excluding carboxylic acids is 3. The van der Waals surface area contributed by atoms with E-state index in [4.69, 9.17) is 14.5 Å². The van der Waals surface area contributed by atoms with Crippen LogP contribution in [-0.2, 0) is 35.8 Å². The Hall–Kier alpha value is -3.94. The Kier molecular flexibility index (Phi) is 5.62. The molecule has 3 aliphatic heterocycles. The van der Waals surface area contributed by atoms with E-state index in [-0.39, 0.29) is 17.2 Å². The van der Waals surface area contributed by atoms with E-state index in [1.54, 1.807) is 4.90 Å². The number of anilines is 1. The van der Waals surface area contributed by atoms with Crippen molar-refractivity contribution in [2.45, 2.75) is 43.7 Å². The lowest BCUT2D eigenvalue weighted by Crippen LogP contribution is -2.63. The van der Waals surface area contributed by atoms with Gasteiger partial charge in [-0.2, -0.15) is 0 Å². The van der Waals surface area contributed by atoms with Crippen LogP contribution in [0.25, 0.3) is 0 Å². The van der Waals surface area contributed by atoms with E-state index in [9.17, 15) is 14.4 Å². The highest BCUT2D eigenvalue weighted by molar-refractivity contribution is 6.15. The van der Waals surface area contributed by atoms with Gasteiger partial charge in [0.15, 0.2) is 5.70 Å². The molecule has 0 bridgehead atoms. The Morgan fingerprint density at radius 1 is 1.00 bits per heavy atom. The molecule has 1 spiro atoms. The molecule has 2 unspecified atom stereocenters. The summed E-state index contributed by atoms with van der Waals surface area (Å²) in [5, 5.41) is 0. The number of likely N-dealkylation sites (tertiary alicyclic amines) is 1. The first-order chi connectivity index (χ1) is 18.0. The van der Waals surface area contributed by atoms with Crippen molar-refractivity contribution in [1.82, 2.24) is 4.90 Å². The van der Waals surface area contributed by atoms with Crippen molar-refractivity contribution < 1.29 is 23.9 Å². The van der Waals surface area contributed by atoms with Gasteiger partial charge in [0.25, 0.3) is 0 Å². The lowest BCUT2D eigenvalue weighted by atomic mass is 9.65. The molecule has 1 saturated carbocycles. The van der Waals surface area contributed by atoms with Crippen molar-refractivity contribution >= 4 is 29.4 Å². The first-order valence-corrected chi connectivity index (χ1v) is 12.7. The summed E-state index contributed by atoms with van der Waals surface area (Å²) in [4.78, 5) is 48.6. The highest BCUT2D eigenvalue weighted by Crippen LogP contribution is 2.56. The molecule has 2 aromatic carbocycles. The molecule has 1 aliphatic carbocycles. The number of aliphatic imine (C=N–C) groups is 1. The summed E-state index contributed by atoms with van der Waals surface area (Å²) in [6, 6.07) is 17.5. The smallest absolute Gasteiger partial charge is 0.357 e. The van der Waals surface area contributed by atoms with Gasteiger partial charge in [0.2, 0.25) is 5.91 Å². The van der Waals surface area contributed by atoms with Crippen molar-refractivity contribution in [3.63, 3.8) is 0 Å². The molecule has 6 rings (SSSR count). The molecule has 4 aliphatic rings. The van der Waals surface area contributed by atoms with Crippen LogP contribution in [0.2, 0.25) is 0 Å². The topological polar surface area (TPSA) is 88.5 Å². The molecule has 37 heavy (non-hydrogen) atoms. The van der Waals surface area contributed by atoms with Crippen LogP contribution >= 0.6 is 0 Å². The highest BCUT2D eigenvalue weighted by atomic mass is 16.5. The normalized spacial score (nSPS) is 24.2. The van der Waals surface area contributed by atoms with E-state index in [2.05, 4.69) is 11.0 Å². The molecule has 2 aromatic rings. The molecule has 1 amide bonds. The number of ether oxygens (including phenoxy) is 2. The van der Waals surface area contributed by atoms with Crippen LogP contribution in [-0.4, -0.2) is 55.4 Å². The fourth-order valence-corrected chi connectivity index (χ4v) is 6.21. The lowest BCUT2D eigenvalue weighted by Gasteiger charge is -2.48. The van der Waals surface area contributed by atoms with Gasteiger partial charge in [0.05, 0.1) is 31.2 Å². The molecule has 2 atom stereocenters. The van der Waals surface area contributed by atoms with Gasteiger partial charge in [0, 0.05) is 25.2 Å². The van der Waals surface area contributed by atoms with E-state index < -0.39 is 23.4 Å². The van der Waals surface area contributed by atoms with Crippen molar-refractivity contribution in [3.05, 3.63) is 77.0 Å². The van der Waals surface area contributed by atoms with E-state index in [1.165, 1.54) is 14.2 Å². The molecule has 8 heteroatoms. The minimum absolute atomic E-state index is 0.000232. The van der Waals surface area contributed by atoms with Crippen molar-refractivity contribution in [1.29, 1.82) is 0 Å². The van der Waals surface area contributed by atoms with Crippen LogP contribution in [0.5, 0.6) is 0 Å². The third kappa shape index (κ3) is 3.57. The number of fused-ring (bicyclic) bond motifs is 1. The van der Waals surface area contributed by atoms with Crippen LogP contribution in [0.15, 0.2) is 70.9 Å². The Labute approximate surface area is 215 Å². The SMILES string of the molecule is COC(=O)C1=C(C(=O)OC)C2N(Cc3ccccc3)c3ccccc3C23CCC(=O)N(CC2CC2)C3=N1. The molecule has 0 aromatic heterocycles. The second-order valence-electron chi connectivity index (χ2n) is 10.1. The Bertz CT molecular complexity index is 1350. The van der Waals surface area contributed by atoms with Crippen molar-refractivity contribution in [2.24, 2.45) is 10.9 Å². The van der Waals surface area contributed by atoms with Crippen LogP contribution in [0.4, 0.5) is 5.69 Å². The number of para-hydroxylation sites is 1. The number of benzene rings is 2. The van der Waals surface area contributed by atoms with Gasteiger partial charge >= 0.3 is 11.9 Å². The Morgan fingerprint density at radius 2 is 1.70 bits per heavy atom. The molecule has 3 heterocycles. The van der Waals surface area contributed by atoms with Gasteiger partial charge in [-0.1, -0.05) is 48.5 Å². The number of amidine groups is 1. The molecule has 190 valence electrons. The average Bonchev–Trinajstić information content (AvgIpc) is 3.72. The van der Waals surface area contributed by atoms with E-state index >= 15 is 0 Å². The molecule has 8 nitrogen and oxygen atoms in total. The summed E-state index contributed by atoms with van der Waals surface area (Å²) < 4.78 is 10.3. The van der Waals surface area contributed by atoms with Gasteiger partial charge < -0.3 is 14.4 Å². The van der Waals surface area contributed by atoms with Crippen molar-refractivity contribution in [3.8, 4) is 0 Å². The van der Waals surface area contributed by atoms with E-state index in [0.717, 1.165) is 29.7 Å². The summed E-state index contributed by atoms with van der Waals surface area (Å²) in [5.41, 5.74) is 2.32. The number of carbonyl (C=O) groups is 3. The molecule has 1 saturated heterocycles. The number of amides is 1. The molecule has 0 N–H and O–H groups in total. The maximum Gasteiger partial charge on any atom is 0.357 e. The zero-order valence-electron chi connectivity index (χ0n) is 21.0. The van der Waals surface area contributed by atoms with Gasteiger partial charge in [-0.15, -0.1) is 0 Å². The number of methoxy groups -OCH3 is 2. The third-order valence-corrected chi connectivity index (χ3v) is 8.03. The van der Waals surface area contributed by atoms with Gasteiger partial charge in [-0.25, -0.2) is 14.6 Å². The minimum atomic E-state index is -0.783. The predicted molar refractivity (Wildman–Crippen MR) is 137 cm³/mol. The maximum absolute atomic E-state index is 13.4. The fraction of sp³-hybridized carbons (Fsp3) is 0.379. The number of hydrogen-bond donors (Lipinski definition) is 0. The summed E-state index contributed by atoms with van der Waals surface area (Å²) in [5.74, 6) is -0.382. The Morgan fingerprint density at radius 3 is 2.41 bits per heavy atom. The summed E-state index contributed by atoms with van der Waals surface area (Å²) in [6.45, 7) is 1.07. The van der Waals surface area contributed by atoms with Crippen LogP contribution in [0.1, 0.15) is 36.8 Å². The van der Waals surface area contributed by atoms with Gasteiger partial charge in [0.1, 0.15) is 5.84 Å². The van der Waals surface area contributed by atoms with Crippen LogP contribution in [0.3, 0.4) is 0 Å². The second-order valence-corrected chi connectivity index (χ2v) is 10.1. The maximum atomic E-state index is 13.4. The summed E-state index contributed by atoms with van der Waals surface area (Å²) >= 11 is 0. The predicted octanol–water partition coefficient (Wildman–Crippen LogP) is 3.36. The average molecular weight is 500 g/mol. The first-order valence-electron chi connectivity index (χ1n) is 12.7. The summed E-state index contributed by atoms with van der Waals surface area (Å²) in [7, 11) is 2.58. The number of nitrogens with zero attached hydrogens (tertiary/aromatic N) is 3. The number of rotatable bonds is 6. The first kappa shape index (κ1) is 23.5. The highest BCUT2D eigenvalue weighted by Gasteiger charge is 2.63. The van der Waals surface area contributed by atoms with E-state index in [0.29, 0.717) is 37.7 Å². The number of esters is 2. The summed E-state index contributed by atoms with van der Waals surface area (Å²) in [6.07, 6.45) is 2.94. The molecular weight excluding hydrogens is 470 g/mol. The molecular formula is C29H29N3O5. The van der Waals surface area contributed by atoms with Gasteiger partial charge in [-0.05, 0) is 42.4 Å².